The Morgan fingerprint density at radius 1 is 1.25 bits per heavy atom. The standard InChI is InChI=1S/C11H19N/c1-5-6-7-8-11(9-12-4)10(2)3/h5-10,12H,1-4H3/b6-5-,8-7-,11-9-. The zero-order valence-corrected chi connectivity index (χ0v) is 8.46. The van der Waals surface area contributed by atoms with Crippen molar-refractivity contribution in [1.29, 1.82) is 0 Å². The van der Waals surface area contributed by atoms with Gasteiger partial charge in [-0.05, 0) is 24.6 Å². The molecule has 0 aliphatic heterocycles. The van der Waals surface area contributed by atoms with Gasteiger partial charge in [0.25, 0.3) is 0 Å². The molecule has 0 aromatic heterocycles. The van der Waals surface area contributed by atoms with E-state index in [1.165, 1.54) is 5.57 Å². The molecule has 0 amide bonds. The van der Waals surface area contributed by atoms with E-state index in [-0.39, 0.29) is 0 Å². The van der Waals surface area contributed by atoms with Gasteiger partial charge in [0.15, 0.2) is 0 Å². The molecular formula is C11H19N. The Kier molecular flexibility index (Phi) is 6.16. The highest BCUT2D eigenvalue weighted by Crippen LogP contribution is 2.09. The Hall–Kier alpha value is -0.980. The predicted octanol–water partition coefficient (Wildman–Crippen LogP) is 2.88. The van der Waals surface area contributed by atoms with E-state index in [1.807, 2.05) is 32.3 Å². The van der Waals surface area contributed by atoms with Crippen LogP contribution in [0.25, 0.3) is 0 Å². The molecule has 68 valence electrons. The fourth-order valence-corrected chi connectivity index (χ4v) is 0.852. The molecule has 0 aromatic rings. The molecule has 0 saturated carbocycles. The third kappa shape index (κ3) is 4.78. The summed E-state index contributed by atoms with van der Waals surface area (Å²) in [6, 6.07) is 0. The van der Waals surface area contributed by atoms with E-state index in [4.69, 9.17) is 0 Å². The average molecular weight is 165 g/mol. The molecule has 0 aromatic carbocycles. The van der Waals surface area contributed by atoms with Crippen molar-refractivity contribution in [3.05, 3.63) is 36.1 Å². The van der Waals surface area contributed by atoms with E-state index in [0.717, 1.165) is 0 Å². The van der Waals surface area contributed by atoms with Crippen molar-refractivity contribution in [1.82, 2.24) is 5.32 Å². The summed E-state index contributed by atoms with van der Waals surface area (Å²) in [4.78, 5) is 0. The van der Waals surface area contributed by atoms with Gasteiger partial charge in [-0.2, -0.15) is 0 Å². The molecule has 0 atom stereocenters. The largest absolute Gasteiger partial charge is 0.394 e. The van der Waals surface area contributed by atoms with Crippen LogP contribution in [0.1, 0.15) is 20.8 Å². The Morgan fingerprint density at radius 3 is 2.33 bits per heavy atom. The van der Waals surface area contributed by atoms with E-state index in [2.05, 4.69) is 31.3 Å². The molecular weight excluding hydrogens is 146 g/mol. The molecule has 1 N–H and O–H groups in total. The minimum atomic E-state index is 0.568. The molecule has 0 spiro atoms. The molecule has 12 heavy (non-hydrogen) atoms. The quantitative estimate of drug-likeness (QED) is 0.632. The minimum absolute atomic E-state index is 0.568. The number of hydrogen-bond donors (Lipinski definition) is 1. The van der Waals surface area contributed by atoms with Crippen molar-refractivity contribution < 1.29 is 0 Å². The van der Waals surface area contributed by atoms with Crippen LogP contribution in [0.4, 0.5) is 0 Å². The van der Waals surface area contributed by atoms with Crippen LogP contribution in [0.2, 0.25) is 0 Å². The van der Waals surface area contributed by atoms with Gasteiger partial charge in [-0.15, -0.1) is 0 Å². The van der Waals surface area contributed by atoms with Gasteiger partial charge in [0.1, 0.15) is 0 Å². The van der Waals surface area contributed by atoms with Crippen LogP contribution in [-0.4, -0.2) is 7.05 Å². The van der Waals surface area contributed by atoms with Crippen LogP contribution in [0.5, 0.6) is 0 Å². The van der Waals surface area contributed by atoms with Gasteiger partial charge in [-0.1, -0.05) is 38.2 Å². The third-order valence-electron chi connectivity index (χ3n) is 1.57. The van der Waals surface area contributed by atoms with Gasteiger partial charge >= 0.3 is 0 Å². The molecule has 0 heterocycles. The predicted molar refractivity (Wildman–Crippen MR) is 55.9 cm³/mol. The summed E-state index contributed by atoms with van der Waals surface area (Å²) in [5.41, 5.74) is 1.32. The third-order valence-corrected chi connectivity index (χ3v) is 1.57. The number of rotatable bonds is 4. The van der Waals surface area contributed by atoms with Crippen LogP contribution in [-0.2, 0) is 0 Å². The smallest absolute Gasteiger partial charge is 0.00278 e. The van der Waals surface area contributed by atoms with Crippen molar-refractivity contribution in [2.24, 2.45) is 5.92 Å². The summed E-state index contributed by atoms with van der Waals surface area (Å²) < 4.78 is 0. The van der Waals surface area contributed by atoms with Gasteiger partial charge < -0.3 is 5.32 Å². The zero-order valence-electron chi connectivity index (χ0n) is 8.46. The lowest BCUT2D eigenvalue weighted by Crippen LogP contribution is -1.99. The SMILES string of the molecule is C\C=C/C=C\C(=C\NC)C(C)C. The second kappa shape index (κ2) is 6.71. The summed E-state index contributed by atoms with van der Waals surface area (Å²) in [7, 11) is 1.92. The number of hydrogen-bond acceptors (Lipinski definition) is 1. The summed E-state index contributed by atoms with van der Waals surface area (Å²) in [5, 5.41) is 3.04. The maximum Gasteiger partial charge on any atom is 0.00278 e. The lowest BCUT2D eigenvalue weighted by molar-refractivity contribution is 0.780. The lowest BCUT2D eigenvalue weighted by Gasteiger charge is -2.05. The minimum Gasteiger partial charge on any atom is -0.394 e. The fourth-order valence-electron chi connectivity index (χ4n) is 0.852. The summed E-state index contributed by atoms with van der Waals surface area (Å²) in [5.74, 6) is 0.568. The van der Waals surface area contributed by atoms with Crippen LogP contribution in [0, 0.1) is 5.92 Å². The van der Waals surface area contributed by atoms with E-state index in [1.54, 1.807) is 0 Å². The van der Waals surface area contributed by atoms with Crippen LogP contribution >= 0.6 is 0 Å². The maximum atomic E-state index is 3.04. The Balaban J connectivity index is 4.23. The molecule has 1 heteroatoms. The van der Waals surface area contributed by atoms with E-state index in [0.29, 0.717) is 5.92 Å². The highest BCUT2D eigenvalue weighted by atomic mass is 14.8. The molecule has 0 aliphatic rings. The first kappa shape index (κ1) is 11.0. The van der Waals surface area contributed by atoms with Gasteiger partial charge in [-0.3, -0.25) is 0 Å². The normalized spacial score (nSPS) is 13.6. The van der Waals surface area contributed by atoms with Gasteiger partial charge in [-0.25, -0.2) is 0 Å². The van der Waals surface area contributed by atoms with Crippen molar-refractivity contribution in [2.45, 2.75) is 20.8 Å². The Bertz CT molecular complexity index is 185. The van der Waals surface area contributed by atoms with Crippen LogP contribution in [0.3, 0.4) is 0 Å². The lowest BCUT2D eigenvalue weighted by atomic mass is 10.0. The topological polar surface area (TPSA) is 12.0 Å². The van der Waals surface area contributed by atoms with Crippen LogP contribution in [0.15, 0.2) is 36.1 Å². The first-order valence-electron chi connectivity index (χ1n) is 4.39. The molecule has 0 radical (unpaired) electrons. The van der Waals surface area contributed by atoms with Crippen LogP contribution < -0.4 is 5.32 Å². The second-order valence-corrected chi connectivity index (χ2v) is 2.97. The van der Waals surface area contributed by atoms with Crippen molar-refractivity contribution in [3.8, 4) is 0 Å². The van der Waals surface area contributed by atoms with E-state index in [9.17, 15) is 0 Å². The van der Waals surface area contributed by atoms with Crippen molar-refractivity contribution in [3.63, 3.8) is 0 Å². The molecule has 0 saturated heterocycles. The molecule has 0 fully saturated rings. The van der Waals surface area contributed by atoms with Crippen molar-refractivity contribution in [2.75, 3.05) is 7.05 Å². The monoisotopic (exact) mass is 165 g/mol. The second-order valence-electron chi connectivity index (χ2n) is 2.97. The molecule has 0 aliphatic carbocycles. The Labute approximate surface area is 75.9 Å². The van der Waals surface area contributed by atoms with Crippen molar-refractivity contribution >= 4 is 0 Å². The van der Waals surface area contributed by atoms with E-state index >= 15 is 0 Å². The molecule has 0 rings (SSSR count). The first-order chi connectivity index (χ1) is 5.72. The zero-order chi connectivity index (χ0) is 9.40. The maximum absolute atomic E-state index is 3.04. The molecule has 0 unspecified atom stereocenters. The summed E-state index contributed by atoms with van der Waals surface area (Å²) >= 11 is 0. The van der Waals surface area contributed by atoms with Gasteiger partial charge in [0.2, 0.25) is 0 Å². The highest BCUT2D eigenvalue weighted by molar-refractivity contribution is 5.23. The molecule has 0 bridgehead atoms. The van der Waals surface area contributed by atoms with Gasteiger partial charge in [0.05, 0.1) is 0 Å². The summed E-state index contributed by atoms with van der Waals surface area (Å²) in [6.07, 6.45) is 10.3. The number of allylic oxidation sites excluding steroid dienone is 5. The van der Waals surface area contributed by atoms with E-state index < -0.39 is 0 Å². The Morgan fingerprint density at radius 2 is 1.92 bits per heavy atom. The average Bonchev–Trinajstić information content (AvgIpc) is 2.03. The summed E-state index contributed by atoms with van der Waals surface area (Å²) in [6.45, 7) is 6.38. The number of nitrogens with one attached hydrogen (secondary N) is 1. The van der Waals surface area contributed by atoms with Gasteiger partial charge in [0, 0.05) is 7.05 Å². The first-order valence-corrected chi connectivity index (χ1v) is 4.39. The fraction of sp³-hybridized carbons (Fsp3) is 0.455. The highest BCUT2D eigenvalue weighted by Gasteiger charge is 1.96. The molecule has 1 nitrogen and oxygen atoms in total.